The molecule has 1 amide bonds. The molecular weight excluding hydrogens is 587 g/mol. The fourth-order valence-corrected chi connectivity index (χ4v) is 7.90. The van der Waals surface area contributed by atoms with Crippen LogP contribution < -0.4 is 9.86 Å². The number of morpholine rings is 1. The van der Waals surface area contributed by atoms with Gasteiger partial charge in [0.1, 0.15) is 23.2 Å². The molecule has 0 aliphatic carbocycles. The summed E-state index contributed by atoms with van der Waals surface area (Å²) in [7, 11) is -3.70. The summed E-state index contributed by atoms with van der Waals surface area (Å²) in [5.74, 6) is -1.34. The van der Waals surface area contributed by atoms with E-state index in [2.05, 4.69) is 9.97 Å². The average Bonchev–Trinajstić information content (AvgIpc) is 3.63. The number of aromatic nitrogens is 4. The largest absolute Gasteiger partial charge is 0.501 e. The number of anilines is 1. The number of nitrogens with zero attached hydrogens (tertiary/aromatic N) is 6. The second-order valence-electron chi connectivity index (χ2n) is 10.6. The van der Waals surface area contributed by atoms with E-state index in [0.29, 0.717) is 25.9 Å². The number of thiazole rings is 1. The Balaban J connectivity index is 1.42. The van der Waals surface area contributed by atoms with Gasteiger partial charge in [0.15, 0.2) is 5.69 Å². The average molecular weight is 617 g/mol. The van der Waals surface area contributed by atoms with E-state index in [1.165, 1.54) is 34.2 Å². The van der Waals surface area contributed by atoms with Gasteiger partial charge in [-0.15, -0.1) is 11.3 Å². The molecule has 222 valence electrons. The summed E-state index contributed by atoms with van der Waals surface area (Å²) >= 11 is 1.21. The number of rotatable bonds is 6. The van der Waals surface area contributed by atoms with Crippen LogP contribution >= 0.6 is 11.3 Å². The molecule has 2 fully saturated rings. The lowest BCUT2D eigenvalue weighted by atomic mass is 10.1. The van der Waals surface area contributed by atoms with Gasteiger partial charge < -0.3 is 19.3 Å². The smallest absolute Gasteiger partial charge is 0.303 e. The number of benzene rings is 1. The lowest BCUT2D eigenvalue weighted by molar-refractivity contribution is -0.143. The number of hydrogen-bond donors (Lipinski definition) is 1. The van der Waals surface area contributed by atoms with Crippen LogP contribution in [0.3, 0.4) is 0 Å². The van der Waals surface area contributed by atoms with E-state index >= 15 is 0 Å². The summed E-state index contributed by atoms with van der Waals surface area (Å²) in [6.45, 7) is 4.50. The molecule has 2 aliphatic rings. The summed E-state index contributed by atoms with van der Waals surface area (Å²) in [5.41, 5.74) is -0.0938. The van der Waals surface area contributed by atoms with Crippen molar-refractivity contribution in [2.75, 3.05) is 29.7 Å². The quantitative estimate of drug-likeness (QED) is 0.348. The Labute approximate surface area is 244 Å². The van der Waals surface area contributed by atoms with Crippen LogP contribution in [0, 0.1) is 5.82 Å². The summed E-state index contributed by atoms with van der Waals surface area (Å²) in [4.78, 5) is 38.4. The number of sulfonamides is 1. The number of imidazole rings is 1. The van der Waals surface area contributed by atoms with Crippen LogP contribution in [0.1, 0.15) is 30.7 Å². The standard InChI is InChI=1S/C27H29FN6O6S2/c1-16-12-31(13-17(2)40-16)22(35)15-32-14-21(33-8-3-9-42(33,38)39)34-26(37)24(36)23(30-27(32)34)25-29-11-20(41-25)10-18-4-6-19(28)7-5-18/h4-7,11,14,16-17,36H,3,8-10,12-13,15H2,1-2H3/t16-,17-/m0/s1. The summed E-state index contributed by atoms with van der Waals surface area (Å²) < 4.78 is 48.3. The molecule has 0 saturated carbocycles. The maximum atomic E-state index is 13.6. The minimum atomic E-state index is -3.70. The molecule has 42 heavy (non-hydrogen) atoms. The first-order valence-corrected chi connectivity index (χ1v) is 15.9. The van der Waals surface area contributed by atoms with Crippen molar-refractivity contribution in [3.63, 3.8) is 0 Å². The molecule has 15 heteroatoms. The van der Waals surface area contributed by atoms with Crippen molar-refractivity contribution < 1.29 is 27.4 Å². The maximum Gasteiger partial charge on any atom is 0.303 e. The Bertz CT molecular complexity index is 1820. The minimum absolute atomic E-state index is 0.00268. The molecular formula is C27H29FN6O6S2. The number of amides is 1. The number of aromatic hydroxyl groups is 1. The summed E-state index contributed by atoms with van der Waals surface area (Å²) in [5, 5.41) is 11.3. The molecule has 6 rings (SSSR count). The van der Waals surface area contributed by atoms with Crippen molar-refractivity contribution >= 4 is 38.9 Å². The van der Waals surface area contributed by atoms with Gasteiger partial charge in [0.05, 0.1) is 24.2 Å². The molecule has 2 saturated heterocycles. The molecule has 5 heterocycles. The van der Waals surface area contributed by atoms with Crippen molar-refractivity contribution in [1.82, 2.24) is 23.8 Å². The Morgan fingerprint density at radius 3 is 2.57 bits per heavy atom. The number of fused-ring (bicyclic) bond motifs is 1. The Kier molecular flexibility index (Phi) is 7.27. The highest BCUT2D eigenvalue weighted by Crippen LogP contribution is 2.32. The zero-order chi connectivity index (χ0) is 29.8. The lowest BCUT2D eigenvalue weighted by Crippen LogP contribution is -2.49. The van der Waals surface area contributed by atoms with Gasteiger partial charge in [-0.1, -0.05) is 12.1 Å². The molecule has 1 aromatic carbocycles. The van der Waals surface area contributed by atoms with Gasteiger partial charge in [0.25, 0.3) is 0 Å². The van der Waals surface area contributed by atoms with Gasteiger partial charge >= 0.3 is 5.56 Å². The fourth-order valence-electron chi connectivity index (χ4n) is 5.42. The van der Waals surface area contributed by atoms with E-state index in [1.807, 2.05) is 13.8 Å². The molecule has 0 unspecified atom stereocenters. The molecule has 0 spiro atoms. The van der Waals surface area contributed by atoms with Crippen LogP contribution in [0.5, 0.6) is 5.75 Å². The summed E-state index contributed by atoms with van der Waals surface area (Å²) in [6, 6.07) is 6.06. The second kappa shape index (κ2) is 10.8. The molecule has 2 aliphatic heterocycles. The van der Waals surface area contributed by atoms with E-state index in [1.54, 1.807) is 23.2 Å². The van der Waals surface area contributed by atoms with Crippen LogP contribution in [0.25, 0.3) is 16.5 Å². The van der Waals surface area contributed by atoms with Gasteiger partial charge in [-0.3, -0.25) is 13.9 Å². The zero-order valence-corrected chi connectivity index (χ0v) is 24.6. The highest BCUT2D eigenvalue weighted by Gasteiger charge is 2.34. The predicted octanol–water partition coefficient (Wildman–Crippen LogP) is 2.23. The monoisotopic (exact) mass is 616 g/mol. The minimum Gasteiger partial charge on any atom is -0.501 e. The number of halogens is 1. The van der Waals surface area contributed by atoms with Gasteiger partial charge in [-0.25, -0.2) is 27.2 Å². The number of carbonyl (C=O) groups excluding carboxylic acids is 1. The van der Waals surface area contributed by atoms with Crippen molar-refractivity contribution in [3.8, 4) is 16.5 Å². The van der Waals surface area contributed by atoms with Crippen molar-refractivity contribution in [2.24, 2.45) is 0 Å². The number of hydrogen-bond acceptors (Lipinski definition) is 9. The fraction of sp³-hybridized carbons (Fsp3) is 0.407. The predicted molar refractivity (Wildman–Crippen MR) is 154 cm³/mol. The normalized spacial score (nSPS) is 20.5. The molecule has 0 bridgehead atoms. The molecule has 4 aromatic rings. The second-order valence-corrected chi connectivity index (χ2v) is 13.7. The summed E-state index contributed by atoms with van der Waals surface area (Å²) in [6.07, 6.45) is 3.55. The van der Waals surface area contributed by atoms with Crippen LogP contribution in [0.15, 0.2) is 41.5 Å². The zero-order valence-electron chi connectivity index (χ0n) is 22.9. The third-order valence-electron chi connectivity index (χ3n) is 7.28. The van der Waals surface area contributed by atoms with Gasteiger partial charge in [0.2, 0.25) is 27.5 Å². The Hall–Kier alpha value is -3.82. The third kappa shape index (κ3) is 5.27. The molecule has 2 atom stereocenters. The van der Waals surface area contributed by atoms with E-state index < -0.39 is 21.3 Å². The first-order chi connectivity index (χ1) is 20.0. The third-order valence-corrected chi connectivity index (χ3v) is 10.1. The topological polar surface area (TPSA) is 139 Å². The molecule has 1 N–H and O–H groups in total. The number of carbonyl (C=O) groups is 1. The van der Waals surface area contributed by atoms with E-state index in [-0.39, 0.29) is 65.1 Å². The highest BCUT2D eigenvalue weighted by molar-refractivity contribution is 7.93. The SMILES string of the molecule is C[C@H]1CN(C(=O)Cn2cc(N3CCCS3(=O)=O)n3c(=O)c(O)c(-c4ncc(Cc5ccc(F)cc5)s4)nc23)C[C@H](C)O1. The number of ether oxygens (including phenoxy) is 1. The van der Waals surface area contributed by atoms with Crippen LogP contribution in [-0.4, -0.2) is 80.9 Å². The highest BCUT2D eigenvalue weighted by atomic mass is 32.2. The van der Waals surface area contributed by atoms with Crippen molar-refractivity contribution in [3.05, 3.63) is 63.3 Å². The van der Waals surface area contributed by atoms with E-state index in [4.69, 9.17) is 4.74 Å². The van der Waals surface area contributed by atoms with Crippen molar-refractivity contribution in [1.29, 1.82) is 0 Å². The Morgan fingerprint density at radius 2 is 1.90 bits per heavy atom. The first-order valence-electron chi connectivity index (χ1n) is 13.5. The van der Waals surface area contributed by atoms with Gasteiger partial charge in [-0.05, 0) is 38.0 Å². The molecule has 0 radical (unpaired) electrons. The van der Waals surface area contributed by atoms with Crippen LogP contribution in [0.2, 0.25) is 0 Å². The molecule has 3 aromatic heterocycles. The first kappa shape index (κ1) is 28.3. The lowest BCUT2D eigenvalue weighted by Gasteiger charge is -2.35. The maximum absolute atomic E-state index is 13.6. The van der Waals surface area contributed by atoms with Crippen LogP contribution in [-0.2, 0) is 32.5 Å². The van der Waals surface area contributed by atoms with Gasteiger partial charge in [0, 0.05) is 37.1 Å². The van der Waals surface area contributed by atoms with Crippen molar-refractivity contribution in [2.45, 2.75) is 45.4 Å². The van der Waals surface area contributed by atoms with E-state index in [9.17, 15) is 27.5 Å². The molecule has 12 nitrogen and oxygen atoms in total. The van der Waals surface area contributed by atoms with Gasteiger partial charge in [-0.2, -0.15) is 0 Å². The van der Waals surface area contributed by atoms with Crippen LogP contribution in [0.4, 0.5) is 10.2 Å². The van der Waals surface area contributed by atoms with E-state index in [0.717, 1.165) is 19.1 Å². The Morgan fingerprint density at radius 1 is 1.19 bits per heavy atom.